The third-order valence-electron chi connectivity index (χ3n) is 6.02. The molecule has 0 aliphatic rings. The maximum Gasteiger partial charge on any atom is 0.341 e. The lowest BCUT2D eigenvalue weighted by Gasteiger charge is -2.15. The van der Waals surface area contributed by atoms with E-state index in [4.69, 9.17) is 14.2 Å². The first-order valence-corrected chi connectivity index (χ1v) is 14.0. The number of esters is 1. The summed E-state index contributed by atoms with van der Waals surface area (Å²) < 4.78 is 18.2. The second kappa shape index (κ2) is 12.4. The van der Waals surface area contributed by atoms with Crippen molar-refractivity contribution in [3.63, 3.8) is 0 Å². The molecule has 0 fully saturated rings. The molecule has 204 valence electrons. The summed E-state index contributed by atoms with van der Waals surface area (Å²) in [5, 5.41) is 12.7. The Morgan fingerprint density at radius 2 is 1.77 bits per heavy atom. The Balaban J connectivity index is 1.66. The zero-order chi connectivity index (χ0) is 28.1. The molecule has 0 unspecified atom stereocenters. The van der Waals surface area contributed by atoms with Gasteiger partial charge < -0.3 is 19.5 Å². The van der Waals surface area contributed by atoms with E-state index in [1.807, 2.05) is 67.8 Å². The van der Waals surface area contributed by atoms with E-state index in [1.165, 1.54) is 23.1 Å². The van der Waals surface area contributed by atoms with Crippen molar-refractivity contribution >= 4 is 40.0 Å². The third-order valence-corrected chi connectivity index (χ3v) is 8.07. The highest BCUT2D eigenvalue weighted by Crippen LogP contribution is 2.36. The van der Waals surface area contributed by atoms with Crippen molar-refractivity contribution in [3.05, 3.63) is 64.0 Å². The van der Waals surface area contributed by atoms with Gasteiger partial charge in [0.1, 0.15) is 16.5 Å². The van der Waals surface area contributed by atoms with Gasteiger partial charge in [0.15, 0.2) is 11.0 Å². The summed E-state index contributed by atoms with van der Waals surface area (Å²) in [6.45, 7) is 7.77. The number of carbonyl (C=O) groups is 2. The second-order valence-electron chi connectivity index (χ2n) is 8.59. The number of nitrogens with one attached hydrogen (secondary N) is 1. The van der Waals surface area contributed by atoms with Crippen molar-refractivity contribution in [2.45, 2.75) is 32.9 Å². The van der Waals surface area contributed by atoms with E-state index in [2.05, 4.69) is 15.5 Å². The number of aromatic nitrogens is 3. The van der Waals surface area contributed by atoms with Crippen molar-refractivity contribution in [1.82, 2.24) is 14.8 Å². The summed E-state index contributed by atoms with van der Waals surface area (Å²) in [6.07, 6.45) is 0. The predicted molar refractivity (Wildman–Crippen MR) is 154 cm³/mol. The van der Waals surface area contributed by atoms with E-state index < -0.39 is 5.97 Å². The molecule has 1 N–H and O–H groups in total. The van der Waals surface area contributed by atoms with Crippen molar-refractivity contribution in [2.24, 2.45) is 0 Å². The number of thioether (sulfide) groups is 1. The number of anilines is 1. The number of thiophene rings is 1. The molecule has 39 heavy (non-hydrogen) atoms. The van der Waals surface area contributed by atoms with Crippen LogP contribution in [0.25, 0.3) is 17.1 Å². The van der Waals surface area contributed by atoms with E-state index >= 15 is 0 Å². The largest absolute Gasteiger partial charge is 0.497 e. The molecule has 0 radical (unpaired) electrons. The van der Waals surface area contributed by atoms with Gasteiger partial charge in [-0.25, -0.2) is 4.79 Å². The van der Waals surface area contributed by atoms with Crippen LogP contribution < -0.4 is 14.8 Å². The highest BCUT2D eigenvalue weighted by molar-refractivity contribution is 7.99. The van der Waals surface area contributed by atoms with Gasteiger partial charge in [-0.1, -0.05) is 41.6 Å². The molecule has 1 amide bonds. The number of nitrogens with zero attached hydrogens (tertiary/aromatic N) is 3. The number of carbonyl (C=O) groups excluding carboxylic acids is 2. The smallest absolute Gasteiger partial charge is 0.341 e. The summed E-state index contributed by atoms with van der Waals surface area (Å²) in [6, 6.07) is 13.4. The van der Waals surface area contributed by atoms with Gasteiger partial charge in [0, 0.05) is 16.5 Å². The Bertz CT molecular complexity index is 1490. The maximum absolute atomic E-state index is 13.0. The Morgan fingerprint density at radius 3 is 2.44 bits per heavy atom. The van der Waals surface area contributed by atoms with Crippen LogP contribution in [0.1, 0.15) is 33.3 Å². The molecule has 0 saturated carbocycles. The average Bonchev–Trinajstić information content (AvgIpc) is 3.47. The van der Waals surface area contributed by atoms with Crippen LogP contribution in [0.2, 0.25) is 0 Å². The molecule has 2 aromatic carbocycles. The molecule has 0 spiro atoms. The van der Waals surface area contributed by atoms with Crippen LogP contribution in [0.15, 0.2) is 47.6 Å². The topological polar surface area (TPSA) is 105 Å². The lowest BCUT2D eigenvalue weighted by Crippen LogP contribution is -2.17. The minimum absolute atomic E-state index is 0.0383. The number of methoxy groups -OCH3 is 2. The van der Waals surface area contributed by atoms with Gasteiger partial charge in [0.2, 0.25) is 5.91 Å². The van der Waals surface area contributed by atoms with Gasteiger partial charge in [0.25, 0.3) is 0 Å². The Labute approximate surface area is 235 Å². The van der Waals surface area contributed by atoms with E-state index in [0.717, 1.165) is 21.6 Å². The lowest BCUT2D eigenvalue weighted by atomic mass is 10.1. The lowest BCUT2D eigenvalue weighted by molar-refractivity contribution is -0.113. The average molecular weight is 567 g/mol. The quantitative estimate of drug-likeness (QED) is 0.188. The Morgan fingerprint density at radius 1 is 1.03 bits per heavy atom. The molecule has 0 aliphatic carbocycles. The molecule has 0 aliphatic heterocycles. The number of hydrogen-bond donors (Lipinski definition) is 1. The molecule has 11 heteroatoms. The summed E-state index contributed by atoms with van der Waals surface area (Å²) in [7, 11) is 3.19. The standard InChI is InChI=1S/C28H30N4O5S2/c1-7-37-27(34)24-17(3)18(4)39-26(24)29-23(33)15-38-28-31-30-25(19-10-8-16(2)9-11-19)32(28)21-14-20(35-5)12-13-22(21)36-6/h8-14H,7,15H2,1-6H3,(H,29,33). The molecule has 4 aromatic rings. The third kappa shape index (κ3) is 6.10. The SMILES string of the molecule is CCOC(=O)c1c(NC(=O)CSc2nnc(-c3ccc(C)cc3)n2-c2cc(OC)ccc2OC)sc(C)c1C. The molecule has 0 saturated heterocycles. The zero-order valence-corrected chi connectivity index (χ0v) is 24.3. The van der Waals surface area contributed by atoms with Crippen molar-refractivity contribution in [1.29, 1.82) is 0 Å². The van der Waals surface area contributed by atoms with Crippen LogP contribution in [0.3, 0.4) is 0 Å². The van der Waals surface area contributed by atoms with Gasteiger partial charge in [0.05, 0.1) is 37.8 Å². The highest BCUT2D eigenvalue weighted by Gasteiger charge is 2.24. The zero-order valence-electron chi connectivity index (χ0n) is 22.7. The maximum atomic E-state index is 13.0. The van der Waals surface area contributed by atoms with Crippen molar-refractivity contribution in [3.8, 4) is 28.6 Å². The predicted octanol–water partition coefficient (Wildman–Crippen LogP) is 5.85. The van der Waals surface area contributed by atoms with Crippen LogP contribution >= 0.6 is 23.1 Å². The monoisotopic (exact) mass is 566 g/mol. The van der Waals surface area contributed by atoms with Crippen molar-refractivity contribution in [2.75, 3.05) is 31.9 Å². The van der Waals surface area contributed by atoms with E-state index in [-0.39, 0.29) is 18.3 Å². The van der Waals surface area contributed by atoms with Gasteiger partial charge >= 0.3 is 5.97 Å². The van der Waals surface area contributed by atoms with E-state index in [0.29, 0.717) is 38.7 Å². The fourth-order valence-corrected chi connectivity index (χ4v) is 5.71. The fraction of sp³-hybridized carbons (Fsp3) is 0.286. The van der Waals surface area contributed by atoms with E-state index in [9.17, 15) is 9.59 Å². The van der Waals surface area contributed by atoms with Crippen molar-refractivity contribution < 1.29 is 23.8 Å². The minimum Gasteiger partial charge on any atom is -0.497 e. The molecule has 2 heterocycles. The van der Waals surface area contributed by atoms with Gasteiger partial charge in [-0.05, 0) is 45.4 Å². The Kier molecular flexibility index (Phi) is 8.93. The summed E-state index contributed by atoms with van der Waals surface area (Å²) in [4.78, 5) is 26.5. The van der Waals surface area contributed by atoms with Crippen LogP contribution in [-0.2, 0) is 9.53 Å². The number of benzene rings is 2. The van der Waals surface area contributed by atoms with E-state index in [1.54, 1.807) is 21.1 Å². The van der Waals surface area contributed by atoms with Gasteiger partial charge in [-0.15, -0.1) is 21.5 Å². The Hall–Kier alpha value is -3.83. The minimum atomic E-state index is -0.449. The van der Waals surface area contributed by atoms with Crippen LogP contribution in [0.5, 0.6) is 11.5 Å². The summed E-state index contributed by atoms with van der Waals surface area (Å²) >= 11 is 2.58. The molecule has 0 bridgehead atoms. The number of ether oxygens (including phenoxy) is 3. The summed E-state index contributed by atoms with van der Waals surface area (Å²) in [5.74, 6) is 1.14. The molecule has 0 atom stereocenters. The van der Waals surface area contributed by atoms with Gasteiger partial charge in [-0.3, -0.25) is 9.36 Å². The number of aryl methyl sites for hydroxylation is 2. The fourth-order valence-electron chi connectivity index (χ4n) is 3.90. The van der Waals surface area contributed by atoms with Crippen LogP contribution in [-0.4, -0.2) is 53.2 Å². The first-order chi connectivity index (χ1) is 18.8. The summed E-state index contributed by atoms with van der Waals surface area (Å²) in [5.41, 5.74) is 3.85. The number of amides is 1. The molecular weight excluding hydrogens is 536 g/mol. The molecule has 2 aromatic heterocycles. The first-order valence-electron chi connectivity index (χ1n) is 12.2. The second-order valence-corrected chi connectivity index (χ2v) is 10.8. The van der Waals surface area contributed by atoms with Crippen LogP contribution in [0.4, 0.5) is 5.00 Å². The number of rotatable bonds is 10. The highest BCUT2D eigenvalue weighted by atomic mass is 32.2. The normalized spacial score (nSPS) is 10.8. The number of hydrogen-bond acceptors (Lipinski definition) is 9. The van der Waals surface area contributed by atoms with Gasteiger partial charge in [-0.2, -0.15) is 0 Å². The first kappa shape index (κ1) is 28.2. The molecular formula is C28H30N4O5S2. The molecule has 9 nitrogen and oxygen atoms in total. The van der Waals surface area contributed by atoms with Crippen LogP contribution in [0, 0.1) is 20.8 Å². The molecule has 4 rings (SSSR count).